The predicted octanol–water partition coefficient (Wildman–Crippen LogP) is 7.14. The van der Waals surface area contributed by atoms with E-state index in [0.29, 0.717) is 27.5 Å². The highest BCUT2D eigenvalue weighted by Gasteiger charge is 2.70. The summed E-state index contributed by atoms with van der Waals surface area (Å²) in [6.07, 6.45) is 2.28. The first-order valence-electron chi connectivity index (χ1n) is 15.9. The Morgan fingerprint density at radius 1 is 0.837 bits per heavy atom. The van der Waals surface area contributed by atoms with E-state index in [4.69, 9.17) is 11.6 Å². The minimum atomic E-state index is -1.57. The molecule has 0 bridgehead atoms. The molecule has 6 unspecified atom stereocenters. The van der Waals surface area contributed by atoms with Gasteiger partial charge in [0.15, 0.2) is 0 Å². The summed E-state index contributed by atoms with van der Waals surface area (Å²) in [5, 5.41) is 12.8. The van der Waals surface area contributed by atoms with E-state index in [2.05, 4.69) is 21.4 Å². The molecular weight excluding hydrogens is 713 g/mol. The molecule has 0 spiro atoms. The van der Waals surface area contributed by atoms with Crippen molar-refractivity contribution in [3.05, 3.63) is 135 Å². The summed E-state index contributed by atoms with van der Waals surface area (Å²) in [5.74, 6) is -6.24. The molecule has 4 amide bonds. The van der Waals surface area contributed by atoms with Crippen molar-refractivity contribution < 1.29 is 28.7 Å². The number of rotatable bonds is 5. The second-order valence-corrected chi connectivity index (χ2v) is 14.3. The van der Waals surface area contributed by atoms with Crippen LogP contribution in [0.15, 0.2) is 113 Å². The first kappa shape index (κ1) is 31.5. The van der Waals surface area contributed by atoms with E-state index in [-0.39, 0.29) is 30.4 Å². The first-order valence-corrected chi connectivity index (χ1v) is 17.1. The van der Waals surface area contributed by atoms with Gasteiger partial charge in [0.25, 0.3) is 11.8 Å². The minimum absolute atomic E-state index is 0.0706. The zero-order chi connectivity index (χ0) is 34.2. The van der Waals surface area contributed by atoms with Crippen molar-refractivity contribution in [3.8, 4) is 5.75 Å². The van der Waals surface area contributed by atoms with Crippen LogP contribution in [0.4, 0.5) is 15.8 Å². The minimum Gasteiger partial charge on any atom is -0.508 e. The lowest BCUT2D eigenvalue weighted by molar-refractivity contribution is -0.138. The number of carbonyl (C=O) groups is 4. The third-order valence-electron chi connectivity index (χ3n) is 10.6. The van der Waals surface area contributed by atoms with E-state index in [1.54, 1.807) is 66.7 Å². The van der Waals surface area contributed by atoms with E-state index in [1.165, 1.54) is 35.2 Å². The fourth-order valence-corrected chi connectivity index (χ4v) is 8.97. The van der Waals surface area contributed by atoms with E-state index in [0.717, 1.165) is 15.1 Å². The second kappa shape index (κ2) is 11.7. The largest absolute Gasteiger partial charge is 0.508 e. The molecule has 4 aromatic carbocycles. The molecule has 8 rings (SSSR count). The Kier molecular flexibility index (Phi) is 7.49. The summed E-state index contributed by atoms with van der Waals surface area (Å²) in [4.78, 5) is 59.2. The number of benzene rings is 4. The number of nitrogens with zero attached hydrogens (tertiary/aromatic N) is 2. The number of para-hydroxylation sites is 1. The van der Waals surface area contributed by atoms with Crippen LogP contribution in [0.5, 0.6) is 5.75 Å². The van der Waals surface area contributed by atoms with Crippen LogP contribution in [0.25, 0.3) is 0 Å². The maximum absolute atomic E-state index is 15.1. The number of carbonyl (C=O) groups excluding carboxylic acids is 4. The SMILES string of the molecule is O=C1C2CC3C(=CCC4C(=O)N(c5ccc(Br)cc5)C(=O)C43)C(c3ccccc3O)C2(c2ccc(Cl)cc2)C(=O)N1Nc1ccc(F)cc1. The molecule has 0 aromatic heterocycles. The van der Waals surface area contributed by atoms with Crippen molar-refractivity contribution in [2.75, 3.05) is 10.3 Å². The van der Waals surface area contributed by atoms with Gasteiger partial charge in [-0.05, 0) is 91.1 Å². The molecule has 6 atom stereocenters. The molecule has 2 aliphatic heterocycles. The number of hydrogen-bond acceptors (Lipinski definition) is 6. The van der Waals surface area contributed by atoms with Gasteiger partial charge in [0, 0.05) is 21.0 Å². The number of nitrogens with one attached hydrogen (secondary N) is 1. The maximum Gasteiger partial charge on any atom is 0.260 e. The van der Waals surface area contributed by atoms with Crippen molar-refractivity contribution >= 4 is 62.5 Å². The molecule has 4 aliphatic rings. The van der Waals surface area contributed by atoms with Gasteiger partial charge in [-0.15, -0.1) is 0 Å². The van der Waals surface area contributed by atoms with Crippen LogP contribution >= 0.6 is 27.5 Å². The first-order chi connectivity index (χ1) is 23.6. The van der Waals surface area contributed by atoms with Crippen molar-refractivity contribution in [2.24, 2.45) is 23.7 Å². The van der Waals surface area contributed by atoms with Gasteiger partial charge < -0.3 is 5.11 Å². The summed E-state index contributed by atoms with van der Waals surface area (Å²) in [5.41, 5.74) is 3.79. The maximum atomic E-state index is 15.1. The van der Waals surface area contributed by atoms with Crippen LogP contribution in [0.2, 0.25) is 5.02 Å². The third kappa shape index (κ3) is 4.68. The van der Waals surface area contributed by atoms with Gasteiger partial charge in [-0.3, -0.25) is 29.5 Å². The molecule has 0 radical (unpaired) electrons. The highest BCUT2D eigenvalue weighted by molar-refractivity contribution is 9.10. The standard InChI is InChI=1S/C38H28BrClFN3O5/c39-21-7-15-25(16-8-21)43-34(46)28-18-17-26-29(32(28)36(43)48)19-30-35(47)44(42-24-13-11-23(41)12-14-24)37(49)38(30,20-5-9-22(40)10-6-20)33(26)27-3-1-2-4-31(27)45/h1-17,28-30,32-33,42,45H,18-19H2. The number of imide groups is 2. The zero-order valence-corrected chi connectivity index (χ0v) is 28.1. The highest BCUT2D eigenvalue weighted by atomic mass is 79.9. The predicted molar refractivity (Wildman–Crippen MR) is 184 cm³/mol. The number of fused-ring (bicyclic) bond motifs is 4. The number of anilines is 2. The van der Waals surface area contributed by atoms with E-state index >= 15 is 4.79 Å². The number of phenols is 1. The third-order valence-corrected chi connectivity index (χ3v) is 11.4. The summed E-state index contributed by atoms with van der Waals surface area (Å²) < 4.78 is 14.6. The Hall–Kier alpha value is -4.80. The van der Waals surface area contributed by atoms with Crippen LogP contribution in [0, 0.1) is 29.5 Å². The monoisotopic (exact) mass is 739 g/mol. The van der Waals surface area contributed by atoms with Gasteiger partial charge in [-0.2, -0.15) is 5.01 Å². The van der Waals surface area contributed by atoms with Gasteiger partial charge in [0.2, 0.25) is 11.8 Å². The lowest BCUT2D eigenvalue weighted by atomic mass is 9.49. The number of hydrazine groups is 1. The molecule has 49 heavy (non-hydrogen) atoms. The van der Waals surface area contributed by atoms with Crippen molar-refractivity contribution in [2.45, 2.75) is 24.2 Å². The summed E-state index contributed by atoms with van der Waals surface area (Å²) in [6.45, 7) is 0. The lowest BCUT2D eigenvalue weighted by Gasteiger charge is -2.50. The molecule has 4 aromatic rings. The quantitative estimate of drug-likeness (QED) is 0.167. The fraction of sp³-hybridized carbons (Fsp3) is 0.211. The van der Waals surface area contributed by atoms with Crippen LogP contribution in [-0.4, -0.2) is 33.7 Å². The van der Waals surface area contributed by atoms with Crippen LogP contribution in [-0.2, 0) is 24.6 Å². The highest BCUT2D eigenvalue weighted by Crippen LogP contribution is 2.65. The van der Waals surface area contributed by atoms with Gasteiger partial charge in [-0.1, -0.05) is 69.5 Å². The van der Waals surface area contributed by atoms with Gasteiger partial charge in [0.05, 0.1) is 34.5 Å². The summed E-state index contributed by atoms with van der Waals surface area (Å²) >= 11 is 9.73. The molecular formula is C38H28BrClFN3O5. The number of hydrogen-bond donors (Lipinski definition) is 2. The normalized spacial score (nSPS) is 27.5. The number of halogens is 3. The zero-order valence-electron chi connectivity index (χ0n) is 25.7. The summed E-state index contributed by atoms with van der Waals surface area (Å²) in [7, 11) is 0. The smallest absolute Gasteiger partial charge is 0.260 e. The van der Waals surface area contributed by atoms with Crippen molar-refractivity contribution in [1.82, 2.24) is 5.01 Å². The number of phenolic OH excluding ortho intramolecular Hbond substituents is 1. The Morgan fingerprint density at radius 2 is 1.53 bits per heavy atom. The topological polar surface area (TPSA) is 107 Å². The van der Waals surface area contributed by atoms with Crippen LogP contribution < -0.4 is 10.3 Å². The molecule has 8 nitrogen and oxygen atoms in total. The number of amides is 4. The molecule has 1 saturated carbocycles. The van der Waals surface area contributed by atoms with Gasteiger partial charge in [0.1, 0.15) is 11.6 Å². The Bertz CT molecular complexity index is 2070. The van der Waals surface area contributed by atoms with E-state index in [9.17, 15) is 23.9 Å². The molecule has 3 fully saturated rings. The molecule has 2 aliphatic carbocycles. The Labute approximate surface area is 294 Å². The van der Waals surface area contributed by atoms with Gasteiger partial charge in [-0.25, -0.2) is 4.39 Å². The number of allylic oxidation sites excluding steroid dienone is 2. The average molecular weight is 741 g/mol. The Morgan fingerprint density at radius 3 is 2.22 bits per heavy atom. The average Bonchev–Trinajstić information content (AvgIpc) is 3.48. The molecule has 2 N–H and O–H groups in total. The second-order valence-electron chi connectivity index (χ2n) is 12.9. The molecule has 246 valence electrons. The van der Waals surface area contributed by atoms with Crippen LogP contribution in [0.3, 0.4) is 0 Å². The fourth-order valence-electron chi connectivity index (χ4n) is 8.58. The molecule has 11 heteroatoms. The van der Waals surface area contributed by atoms with E-state index < -0.39 is 52.6 Å². The number of aromatic hydroxyl groups is 1. The van der Waals surface area contributed by atoms with Crippen molar-refractivity contribution in [3.63, 3.8) is 0 Å². The van der Waals surface area contributed by atoms with E-state index in [1.807, 2.05) is 6.08 Å². The van der Waals surface area contributed by atoms with Gasteiger partial charge >= 0.3 is 0 Å². The summed E-state index contributed by atoms with van der Waals surface area (Å²) in [6, 6.07) is 25.7. The lowest BCUT2D eigenvalue weighted by Crippen LogP contribution is -2.53. The van der Waals surface area contributed by atoms with Crippen LogP contribution in [0.1, 0.15) is 29.9 Å². The Balaban J connectivity index is 1.32. The molecule has 2 heterocycles. The van der Waals surface area contributed by atoms with Crippen molar-refractivity contribution in [1.29, 1.82) is 0 Å². The molecule has 2 saturated heterocycles.